The van der Waals surface area contributed by atoms with E-state index in [4.69, 9.17) is 5.84 Å². The summed E-state index contributed by atoms with van der Waals surface area (Å²) in [5, 5.41) is 0. The van der Waals surface area contributed by atoms with Gasteiger partial charge in [0.2, 0.25) is 0 Å². The van der Waals surface area contributed by atoms with Crippen LogP contribution in [0.2, 0.25) is 0 Å². The van der Waals surface area contributed by atoms with Gasteiger partial charge in [-0.25, -0.2) is 5.43 Å². The summed E-state index contributed by atoms with van der Waals surface area (Å²) in [5.74, 6) is 5.50. The average molecular weight is 312 g/mol. The maximum atomic E-state index is 13.1. The number of hydrogen-bond donors (Lipinski definition) is 2. The number of nitrogens with one attached hydrogen (secondary N) is 1. The van der Waals surface area contributed by atoms with Crippen LogP contribution in [0.1, 0.15) is 22.7 Å². The second-order valence-corrected chi connectivity index (χ2v) is 5.34. The zero-order chi connectivity index (χ0) is 15.5. The van der Waals surface area contributed by atoms with Gasteiger partial charge in [-0.1, -0.05) is 30.3 Å². The van der Waals surface area contributed by atoms with Crippen LogP contribution >= 0.6 is 11.8 Å². The Hall–Kier alpha value is -1.50. The van der Waals surface area contributed by atoms with Gasteiger partial charge in [0.25, 0.3) is 0 Å². The van der Waals surface area contributed by atoms with Crippen LogP contribution in [0.25, 0.3) is 0 Å². The van der Waals surface area contributed by atoms with Gasteiger partial charge in [0.05, 0.1) is 11.6 Å². The molecule has 112 valence electrons. The number of alkyl halides is 3. The van der Waals surface area contributed by atoms with Crippen LogP contribution < -0.4 is 11.3 Å². The van der Waals surface area contributed by atoms with Crippen LogP contribution in [0.3, 0.4) is 0 Å². The minimum Gasteiger partial charge on any atom is -0.271 e. The molecule has 0 saturated heterocycles. The van der Waals surface area contributed by atoms with Gasteiger partial charge in [-0.2, -0.15) is 13.2 Å². The predicted octanol–water partition coefficient (Wildman–Crippen LogP) is 3.98. The zero-order valence-corrected chi connectivity index (χ0v) is 12.1. The molecule has 6 heteroatoms. The molecule has 0 aliphatic heterocycles. The molecule has 2 rings (SSSR count). The molecule has 0 bridgehead atoms. The van der Waals surface area contributed by atoms with Gasteiger partial charge in [0, 0.05) is 4.90 Å². The topological polar surface area (TPSA) is 38.0 Å². The fourth-order valence-corrected chi connectivity index (χ4v) is 2.58. The molecule has 2 nitrogen and oxygen atoms in total. The van der Waals surface area contributed by atoms with Gasteiger partial charge in [-0.15, -0.1) is 11.8 Å². The lowest BCUT2D eigenvalue weighted by Crippen LogP contribution is -2.30. The van der Waals surface area contributed by atoms with Crippen molar-refractivity contribution < 1.29 is 13.2 Å². The molecule has 0 fully saturated rings. The molecule has 1 unspecified atom stereocenters. The van der Waals surface area contributed by atoms with E-state index < -0.39 is 17.8 Å². The Morgan fingerprint density at radius 3 is 2.19 bits per heavy atom. The highest BCUT2D eigenvalue weighted by Gasteiger charge is 2.35. The maximum Gasteiger partial charge on any atom is 0.416 e. The number of hydrazine groups is 1. The lowest BCUT2D eigenvalue weighted by Gasteiger charge is -2.21. The van der Waals surface area contributed by atoms with Crippen LogP contribution in [-0.2, 0) is 6.18 Å². The van der Waals surface area contributed by atoms with Crippen molar-refractivity contribution in [2.24, 2.45) is 5.84 Å². The maximum absolute atomic E-state index is 13.1. The molecular weight excluding hydrogens is 297 g/mol. The standard InChI is InChI=1S/C15H15F3N2S/c1-21-11-8-6-10(7-9-11)14(20-19)12-4-2-3-5-13(12)15(16,17)18/h2-9,14,20H,19H2,1H3. The van der Waals surface area contributed by atoms with Crippen molar-refractivity contribution >= 4 is 11.8 Å². The van der Waals surface area contributed by atoms with E-state index in [-0.39, 0.29) is 5.56 Å². The fraction of sp³-hybridized carbons (Fsp3) is 0.200. The molecule has 0 aromatic heterocycles. The molecule has 2 aromatic rings. The Kier molecular flexibility index (Phi) is 4.92. The van der Waals surface area contributed by atoms with Crippen molar-refractivity contribution in [1.29, 1.82) is 0 Å². The highest BCUT2D eigenvalue weighted by molar-refractivity contribution is 7.98. The lowest BCUT2D eigenvalue weighted by molar-refractivity contribution is -0.138. The van der Waals surface area contributed by atoms with Crippen molar-refractivity contribution in [2.75, 3.05) is 6.26 Å². The summed E-state index contributed by atoms with van der Waals surface area (Å²) in [6.07, 6.45) is -2.47. The number of halogens is 3. The summed E-state index contributed by atoms with van der Waals surface area (Å²) in [6, 6.07) is 12.0. The van der Waals surface area contributed by atoms with Gasteiger partial charge < -0.3 is 0 Å². The molecule has 2 aromatic carbocycles. The highest BCUT2D eigenvalue weighted by atomic mass is 32.2. The normalized spacial score (nSPS) is 13.2. The number of benzene rings is 2. The third-order valence-corrected chi connectivity index (χ3v) is 3.94. The molecule has 0 spiro atoms. The van der Waals surface area contributed by atoms with E-state index >= 15 is 0 Å². The molecule has 0 radical (unpaired) electrons. The van der Waals surface area contributed by atoms with Crippen molar-refractivity contribution in [3.05, 3.63) is 65.2 Å². The minimum atomic E-state index is -4.41. The molecule has 0 aliphatic rings. The molecule has 21 heavy (non-hydrogen) atoms. The van der Waals surface area contributed by atoms with E-state index in [0.29, 0.717) is 5.56 Å². The first-order valence-corrected chi connectivity index (χ1v) is 7.46. The molecule has 3 N–H and O–H groups in total. The summed E-state index contributed by atoms with van der Waals surface area (Å²) in [7, 11) is 0. The number of hydrogen-bond acceptors (Lipinski definition) is 3. The summed E-state index contributed by atoms with van der Waals surface area (Å²) < 4.78 is 39.3. The van der Waals surface area contributed by atoms with E-state index in [1.54, 1.807) is 30.0 Å². The zero-order valence-electron chi connectivity index (χ0n) is 11.3. The Morgan fingerprint density at radius 2 is 1.67 bits per heavy atom. The number of thioether (sulfide) groups is 1. The van der Waals surface area contributed by atoms with Gasteiger partial charge in [-0.05, 0) is 35.6 Å². The largest absolute Gasteiger partial charge is 0.416 e. The summed E-state index contributed by atoms with van der Waals surface area (Å²) in [4.78, 5) is 1.04. The first-order chi connectivity index (χ1) is 9.97. The van der Waals surface area contributed by atoms with Crippen LogP contribution in [0.15, 0.2) is 53.4 Å². The Labute approximate surface area is 125 Å². The number of rotatable bonds is 4. The molecule has 0 amide bonds. The SMILES string of the molecule is CSc1ccc(C(NN)c2ccccc2C(F)(F)F)cc1. The van der Waals surface area contributed by atoms with Crippen LogP contribution in [0.5, 0.6) is 0 Å². The molecular formula is C15H15F3N2S. The van der Waals surface area contributed by atoms with Crippen LogP contribution in [0, 0.1) is 0 Å². The quantitative estimate of drug-likeness (QED) is 0.509. The van der Waals surface area contributed by atoms with Crippen molar-refractivity contribution in [3.63, 3.8) is 0 Å². The van der Waals surface area contributed by atoms with E-state index in [2.05, 4.69) is 5.43 Å². The van der Waals surface area contributed by atoms with Crippen molar-refractivity contribution in [2.45, 2.75) is 17.1 Å². The average Bonchev–Trinajstić information content (AvgIpc) is 2.48. The Bertz CT molecular complexity index is 597. The molecule has 0 saturated carbocycles. The highest BCUT2D eigenvalue weighted by Crippen LogP contribution is 2.36. The van der Waals surface area contributed by atoms with Gasteiger partial charge in [0.1, 0.15) is 0 Å². The van der Waals surface area contributed by atoms with Crippen LogP contribution in [-0.4, -0.2) is 6.26 Å². The fourth-order valence-electron chi connectivity index (χ4n) is 2.17. The molecule has 0 heterocycles. The van der Waals surface area contributed by atoms with Crippen molar-refractivity contribution in [3.8, 4) is 0 Å². The van der Waals surface area contributed by atoms with Gasteiger partial charge in [0.15, 0.2) is 0 Å². The first kappa shape index (κ1) is 15.9. The number of nitrogens with two attached hydrogens (primary N) is 1. The van der Waals surface area contributed by atoms with Crippen LogP contribution in [0.4, 0.5) is 13.2 Å². The first-order valence-electron chi connectivity index (χ1n) is 6.23. The summed E-state index contributed by atoms with van der Waals surface area (Å²) in [6.45, 7) is 0. The van der Waals surface area contributed by atoms with Gasteiger partial charge >= 0.3 is 6.18 Å². The van der Waals surface area contributed by atoms with E-state index in [9.17, 15) is 13.2 Å². The predicted molar refractivity (Wildman–Crippen MR) is 78.8 cm³/mol. The van der Waals surface area contributed by atoms with E-state index in [1.807, 2.05) is 18.4 Å². The van der Waals surface area contributed by atoms with Gasteiger partial charge in [-0.3, -0.25) is 5.84 Å². The van der Waals surface area contributed by atoms with Crippen molar-refractivity contribution in [1.82, 2.24) is 5.43 Å². The smallest absolute Gasteiger partial charge is 0.271 e. The molecule has 1 atom stereocenters. The summed E-state index contributed by atoms with van der Waals surface area (Å²) >= 11 is 1.57. The third-order valence-electron chi connectivity index (χ3n) is 3.19. The minimum absolute atomic E-state index is 0.115. The molecule has 0 aliphatic carbocycles. The second kappa shape index (κ2) is 6.51. The Balaban J connectivity index is 2.46. The van der Waals surface area contributed by atoms with E-state index in [0.717, 1.165) is 11.0 Å². The monoisotopic (exact) mass is 312 g/mol. The second-order valence-electron chi connectivity index (χ2n) is 4.46. The Morgan fingerprint density at radius 1 is 1.05 bits per heavy atom. The third kappa shape index (κ3) is 3.58. The van der Waals surface area contributed by atoms with E-state index in [1.165, 1.54) is 12.1 Å². The summed E-state index contributed by atoms with van der Waals surface area (Å²) in [5.41, 5.74) is 2.60. The lowest BCUT2D eigenvalue weighted by atomic mass is 9.94.